The lowest BCUT2D eigenvalue weighted by Gasteiger charge is -2.08. The van der Waals surface area contributed by atoms with Gasteiger partial charge in [0.25, 0.3) is 0 Å². The van der Waals surface area contributed by atoms with Crippen molar-refractivity contribution in [2.45, 2.75) is 19.4 Å². The molecule has 0 spiro atoms. The number of carbonyl (C=O) groups is 1. The van der Waals surface area contributed by atoms with Crippen LogP contribution in [0.2, 0.25) is 0 Å². The maximum absolute atomic E-state index is 10.8. The average Bonchev–Trinajstić information content (AvgIpc) is 2.00. The first kappa shape index (κ1) is 10.9. The van der Waals surface area contributed by atoms with E-state index >= 15 is 0 Å². The van der Waals surface area contributed by atoms with Crippen LogP contribution in [0.5, 0.6) is 0 Å². The Labute approximate surface area is 72.3 Å². The van der Waals surface area contributed by atoms with Crippen LogP contribution in [0.4, 0.5) is 0 Å². The Bertz CT molecular complexity index is 184. The number of rotatable bonds is 5. The summed E-state index contributed by atoms with van der Waals surface area (Å²) in [6, 6.07) is 0. The minimum absolute atomic E-state index is 0.00227. The standard InChI is InChI=1S/C9H14O3/c1-4-5-8(10)6-12-9(11)7(2)3/h4,8,10H,1-2,5-6H2,3H3. The SMILES string of the molecule is C=CCC(O)COC(=O)C(=C)C. The summed E-state index contributed by atoms with van der Waals surface area (Å²) in [6.45, 7) is 8.40. The first-order valence-corrected chi connectivity index (χ1v) is 3.69. The molecular formula is C9H14O3. The largest absolute Gasteiger partial charge is 0.460 e. The first-order valence-electron chi connectivity index (χ1n) is 3.69. The van der Waals surface area contributed by atoms with Crippen molar-refractivity contribution in [3.05, 3.63) is 24.8 Å². The van der Waals surface area contributed by atoms with Crippen molar-refractivity contribution < 1.29 is 14.6 Å². The predicted octanol–water partition coefficient (Wildman–Crippen LogP) is 1.04. The van der Waals surface area contributed by atoms with Gasteiger partial charge in [0.2, 0.25) is 0 Å². The van der Waals surface area contributed by atoms with E-state index in [-0.39, 0.29) is 6.61 Å². The number of esters is 1. The molecule has 68 valence electrons. The van der Waals surface area contributed by atoms with Gasteiger partial charge in [-0.3, -0.25) is 0 Å². The van der Waals surface area contributed by atoms with Crippen LogP contribution in [-0.2, 0) is 9.53 Å². The maximum Gasteiger partial charge on any atom is 0.333 e. The summed E-state index contributed by atoms with van der Waals surface area (Å²) in [5.41, 5.74) is 0.334. The van der Waals surface area contributed by atoms with Crippen LogP contribution in [0, 0.1) is 0 Å². The van der Waals surface area contributed by atoms with Gasteiger partial charge >= 0.3 is 5.97 Å². The lowest BCUT2D eigenvalue weighted by atomic mass is 10.3. The Balaban J connectivity index is 3.60. The zero-order chi connectivity index (χ0) is 9.56. The molecule has 1 unspecified atom stereocenters. The van der Waals surface area contributed by atoms with E-state index in [0.717, 1.165) is 0 Å². The lowest BCUT2D eigenvalue weighted by molar-refractivity contribution is -0.141. The van der Waals surface area contributed by atoms with Gasteiger partial charge in [-0.2, -0.15) is 0 Å². The number of ether oxygens (including phenoxy) is 1. The highest BCUT2D eigenvalue weighted by molar-refractivity contribution is 5.86. The minimum Gasteiger partial charge on any atom is -0.460 e. The highest BCUT2D eigenvalue weighted by Gasteiger charge is 2.06. The molecule has 0 radical (unpaired) electrons. The first-order chi connectivity index (χ1) is 5.57. The van der Waals surface area contributed by atoms with Gasteiger partial charge in [-0.25, -0.2) is 4.79 Å². The van der Waals surface area contributed by atoms with Crippen LogP contribution in [0.1, 0.15) is 13.3 Å². The van der Waals surface area contributed by atoms with Crippen molar-refractivity contribution in [2.75, 3.05) is 6.61 Å². The molecule has 0 bridgehead atoms. The van der Waals surface area contributed by atoms with Crippen molar-refractivity contribution in [3.63, 3.8) is 0 Å². The summed E-state index contributed by atoms with van der Waals surface area (Å²) in [5, 5.41) is 9.10. The Morgan fingerprint density at radius 3 is 2.75 bits per heavy atom. The zero-order valence-electron chi connectivity index (χ0n) is 7.25. The molecule has 0 aliphatic rings. The molecule has 12 heavy (non-hydrogen) atoms. The Morgan fingerprint density at radius 2 is 2.33 bits per heavy atom. The molecule has 0 aromatic rings. The summed E-state index contributed by atoms with van der Waals surface area (Å²) in [6.07, 6.45) is 1.33. The van der Waals surface area contributed by atoms with Crippen molar-refractivity contribution in [1.82, 2.24) is 0 Å². The van der Waals surface area contributed by atoms with Gasteiger partial charge in [0.15, 0.2) is 0 Å². The van der Waals surface area contributed by atoms with Crippen LogP contribution >= 0.6 is 0 Å². The maximum atomic E-state index is 10.8. The topological polar surface area (TPSA) is 46.5 Å². The highest BCUT2D eigenvalue weighted by atomic mass is 16.5. The molecule has 1 atom stereocenters. The molecule has 0 saturated carbocycles. The molecule has 3 nitrogen and oxygen atoms in total. The van der Waals surface area contributed by atoms with Gasteiger partial charge in [-0.05, 0) is 13.3 Å². The van der Waals surface area contributed by atoms with Crippen LogP contribution in [0.25, 0.3) is 0 Å². The Hall–Kier alpha value is -1.09. The lowest BCUT2D eigenvalue weighted by Crippen LogP contribution is -2.17. The number of carbonyl (C=O) groups excluding carboxylic acids is 1. The second kappa shape index (κ2) is 5.55. The van der Waals surface area contributed by atoms with Gasteiger partial charge in [-0.15, -0.1) is 6.58 Å². The van der Waals surface area contributed by atoms with E-state index in [0.29, 0.717) is 12.0 Å². The van der Waals surface area contributed by atoms with Crippen molar-refractivity contribution in [1.29, 1.82) is 0 Å². The predicted molar refractivity (Wildman–Crippen MR) is 46.6 cm³/mol. The van der Waals surface area contributed by atoms with Gasteiger partial charge in [-0.1, -0.05) is 12.7 Å². The fraction of sp³-hybridized carbons (Fsp3) is 0.444. The third kappa shape index (κ3) is 4.68. The summed E-state index contributed by atoms with van der Waals surface area (Å²) in [5.74, 6) is -0.474. The number of aliphatic hydroxyl groups excluding tert-OH is 1. The van der Waals surface area contributed by atoms with Crippen molar-refractivity contribution in [3.8, 4) is 0 Å². The number of hydrogen-bond acceptors (Lipinski definition) is 3. The molecule has 3 heteroatoms. The summed E-state index contributed by atoms with van der Waals surface area (Å²) >= 11 is 0. The van der Waals surface area contributed by atoms with E-state index in [1.165, 1.54) is 0 Å². The molecule has 0 aromatic carbocycles. The molecule has 0 fully saturated rings. The highest BCUT2D eigenvalue weighted by Crippen LogP contribution is 1.97. The molecule has 0 aliphatic carbocycles. The monoisotopic (exact) mass is 170 g/mol. The quantitative estimate of drug-likeness (QED) is 0.381. The van der Waals surface area contributed by atoms with Crippen LogP contribution < -0.4 is 0 Å². The number of aliphatic hydroxyl groups is 1. The van der Waals surface area contributed by atoms with Crippen LogP contribution in [0.3, 0.4) is 0 Å². The second-order valence-electron chi connectivity index (χ2n) is 2.56. The normalized spacial score (nSPS) is 11.8. The smallest absolute Gasteiger partial charge is 0.333 e. The number of hydrogen-bond donors (Lipinski definition) is 1. The Kier molecular flexibility index (Phi) is 5.04. The second-order valence-corrected chi connectivity index (χ2v) is 2.56. The fourth-order valence-electron chi connectivity index (χ4n) is 0.556. The third-order valence-corrected chi connectivity index (χ3v) is 1.19. The Morgan fingerprint density at radius 1 is 1.75 bits per heavy atom. The van der Waals surface area contributed by atoms with Crippen molar-refractivity contribution >= 4 is 5.97 Å². The summed E-state index contributed by atoms with van der Waals surface area (Å²) < 4.78 is 4.68. The molecule has 0 rings (SSSR count). The van der Waals surface area contributed by atoms with Crippen LogP contribution in [0.15, 0.2) is 24.8 Å². The van der Waals surface area contributed by atoms with Gasteiger partial charge < -0.3 is 9.84 Å². The average molecular weight is 170 g/mol. The zero-order valence-corrected chi connectivity index (χ0v) is 7.25. The molecule has 1 N–H and O–H groups in total. The van der Waals surface area contributed by atoms with E-state index < -0.39 is 12.1 Å². The molecule has 0 heterocycles. The third-order valence-electron chi connectivity index (χ3n) is 1.19. The van der Waals surface area contributed by atoms with Gasteiger partial charge in [0, 0.05) is 5.57 Å². The molecule has 0 aromatic heterocycles. The summed E-state index contributed by atoms with van der Waals surface area (Å²) in [4.78, 5) is 10.8. The van der Waals surface area contributed by atoms with E-state index in [2.05, 4.69) is 17.9 Å². The van der Waals surface area contributed by atoms with E-state index in [1.807, 2.05) is 0 Å². The van der Waals surface area contributed by atoms with Crippen molar-refractivity contribution in [2.24, 2.45) is 0 Å². The van der Waals surface area contributed by atoms with E-state index in [1.54, 1.807) is 13.0 Å². The van der Waals surface area contributed by atoms with Gasteiger partial charge in [0.1, 0.15) is 6.61 Å². The minimum atomic E-state index is -0.661. The molecular weight excluding hydrogens is 156 g/mol. The fourth-order valence-corrected chi connectivity index (χ4v) is 0.556. The summed E-state index contributed by atoms with van der Waals surface area (Å²) in [7, 11) is 0. The van der Waals surface area contributed by atoms with E-state index in [9.17, 15) is 4.79 Å². The van der Waals surface area contributed by atoms with E-state index in [4.69, 9.17) is 5.11 Å². The van der Waals surface area contributed by atoms with Crippen LogP contribution in [-0.4, -0.2) is 23.8 Å². The van der Waals surface area contributed by atoms with Gasteiger partial charge in [0.05, 0.1) is 6.10 Å². The molecule has 0 saturated heterocycles. The molecule has 0 amide bonds. The molecule has 0 aliphatic heterocycles.